The summed E-state index contributed by atoms with van der Waals surface area (Å²) in [5.74, 6) is 0. The van der Waals surface area contributed by atoms with Crippen LogP contribution in [0.15, 0.2) is 35.2 Å². The number of nitrogens with zero attached hydrogens (tertiary/aromatic N) is 1. The van der Waals surface area contributed by atoms with E-state index < -0.39 is 72.7 Å². The van der Waals surface area contributed by atoms with E-state index in [1.54, 1.807) is 20.8 Å². The summed E-state index contributed by atoms with van der Waals surface area (Å²) in [4.78, 5) is 12.2. The molecule has 2 saturated heterocycles. The molecule has 2 heterocycles. The molecule has 3 unspecified atom stereocenters. The van der Waals surface area contributed by atoms with Crippen LogP contribution in [0.5, 0.6) is 0 Å². The van der Waals surface area contributed by atoms with Crippen molar-refractivity contribution in [1.82, 2.24) is 9.62 Å². The molecule has 2 N–H and O–H groups in total. The van der Waals surface area contributed by atoms with E-state index in [1.807, 2.05) is 0 Å². The van der Waals surface area contributed by atoms with Gasteiger partial charge in [0.05, 0.1) is 4.90 Å². The van der Waals surface area contributed by atoms with E-state index in [-0.39, 0.29) is 0 Å². The maximum Gasteiger partial charge on any atom is 0.407 e. The van der Waals surface area contributed by atoms with Crippen LogP contribution in [0.2, 0.25) is 0 Å². The van der Waals surface area contributed by atoms with Crippen LogP contribution in [0.4, 0.5) is 13.6 Å². The van der Waals surface area contributed by atoms with Crippen LogP contribution >= 0.6 is 0 Å². The van der Waals surface area contributed by atoms with E-state index >= 15 is 8.78 Å². The Morgan fingerprint density at radius 3 is 2.13 bits per heavy atom. The quantitative estimate of drug-likeness (QED) is 0.648. The SMILES string of the molecule is CC(C)(C)[S+]([O-])NC1(C(F)(F)S(=O)(=O)c2ccccc2)CC2CCC(C1)N2C(=O)O. The highest BCUT2D eigenvalue weighted by atomic mass is 32.2. The minimum atomic E-state index is -5.14. The molecule has 30 heavy (non-hydrogen) atoms. The summed E-state index contributed by atoms with van der Waals surface area (Å²) in [6.45, 7) is 4.78. The zero-order chi connectivity index (χ0) is 22.5. The van der Waals surface area contributed by atoms with Crippen LogP contribution in [-0.2, 0) is 21.2 Å². The number of sulfone groups is 1. The lowest BCUT2D eigenvalue weighted by Crippen LogP contribution is -2.70. The van der Waals surface area contributed by atoms with Gasteiger partial charge in [-0.15, -0.1) is 4.72 Å². The van der Waals surface area contributed by atoms with Crippen molar-refractivity contribution in [3.63, 3.8) is 0 Å². The molecule has 0 radical (unpaired) electrons. The van der Waals surface area contributed by atoms with Gasteiger partial charge in [-0.3, -0.25) is 0 Å². The number of halogens is 2. The second-order valence-corrected chi connectivity index (χ2v) is 12.8. The minimum Gasteiger partial charge on any atom is -0.598 e. The number of nitrogens with one attached hydrogen (secondary N) is 1. The van der Waals surface area contributed by atoms with Crippen molar-refractivity contribution in [3.05, 3.63) is 30.3 Å². The molecule has 3 atom stereocenters. The fourth-order valence-electron chi connectivity index (χ4n) is 4.28. The largest absolute Gasteiger partial charge is 0.598 e. The van der Waals surface area contributed by atoms with Gasteiger partial charge in [-0.2, -0.15) is 8.78 Å². The number of hydrogen-bond donors (Lipinski definition) is 2. The standard InChI is InChI=1S/C19H26F2N2O5S2/c1-17(2,3)29(26)22-18(11-13-9-10-14(12-18)23(13)16(24)25)19(20,21)30(27,28)15-7-5-4-6-8-15/h4-8,13-14,22H,9-12H2,1-3H3,(H,24,25). The first kappa shape index (κ1) is 23.2. The summed E-state index contributed by atoms with van der Waals surface area (Å²) in [6, 6.07) is 4.87. The summed E-state index contributed by atoms with van der Waals surface area (Å²) < 4.78 is 72.3. The Morgan fingerprint density at radius 2 is 1.70 bits per heavy atom. The second-order valence-electron chi connectivity index (χ2n) is 8.88. The molecule has 3 rings (SSSR count). The number of carbonyl (C=O) groups is 1. The zero-order valence-electron chi connectivity index (χ0n) is 17.0. The Hall–Kier alpha value is -1.43. The fourth-order valence-corrected chi connectivity index (χ4v) is 6.84. The molecular formula is C19H26F2N2O5S2. The molecule has 11 heteroatoms. The van der Waals surface area contributed by atoms with Crippen molar-refractivity contribution >= 4 is 27.3 Å². The van der Waals surface area contributed by atoms with Crippen LogP contribution < -0.4 is 4.72 Å². The van der Waals surface area contributed by atoms with Crippen molar-refractivity contribution in [3.8, 4) is 0 Å². The summed E-state index contributed by atoms with van der Waals surface area (Å²) in [5, 5.41) is 5.17. The van der Waals surface area contributed by atoms with Crippen LogP contribution in [0, 0.1) is 0 Å². The molecule has 2 aliphatic heterocycles. The van der Waals surface area contributed by atoms with Gasteiger partial charge in [-0.25, -0.2) is 13.2 Å². The molecule has 168 valence electrons. The van der Waals surface area contributed by atoms with Gasteiger partial charge in [-0.05, 0) is 58.6 Å². The minimum absolute atomic E-state index is 0.351. The number of alkyl halides is 2. The third-order valence-electron chi connectivity index (χ3n) is 5.80. The van der Waals surface area contributed by atoms with Crippen molar-refractivity contribution in [1.29, 1.82) is 0 Å². The van der Waals surface area contributed by atoms with Gasteiger partial charge in [0, 0.05) is 23.4 Å². The van der Waals surface area contributed by atoms with Gasteiger partial charge >= 0.3 is 11.3 Å². The molecule has 2 fully saturated rings. The third-order valence-corrected chi connectivity index (χ3v) is 9.45. The average Bonchev–Trinajstić information content (AvgIpc) is 2.93. The number of fused-ring (bicyclic) bond motifs is 2. The fraction of sp³-hybridized carbons (Fsp3) is 0.632. The lowest BCUT2D eigenvalue weighted by atomic mass is 9.84. The van der Waals surface area contributed by atoms with E-state index in [9.17, 15) is 22.9 Å². The first-order chi connectivity index (χ1) is 13.7. The summed E-state index contributed by atoms with van der Waals surface area (Å²) in [7, 11) is -5.14. The number of hydrogen-bond acceptors (Lipinski definition) is 5. The molecule has 1 aromatic rings. The van der Waals surface area contributed by atoms with Crippen LogP contribution in [-0.4, -0.2) is 56.7 Å². The van der Waals surface area contributed by atoms with Gasteiger partial charge in [0.15, 0.2) is 0 Å². The van der Waals surface area contributed by atoms with Gasteiger partial charge in [0.2, 0.25) is 9.84 Å². The first-order valence-electron chi connectivity index (χ1n) is 9.61. The third kappa shape index (κ3) is 3.69. The van der Waals surface area contributed by atoms with Gasteiger partial charge in [0.1, 0.15) is 10.3 Å². The predicted octanol–water partition coefficient (Wildman–Crippen LogP) is 3.15. The number of piperidine rings is 1. The zero-order valence-corrected chi connectivity index (χ0v) is 18.6. The Labute approximate surface area is 178 Å². The number of benzene rings is 1. The van der Waals surface area contributed by atoms with Gasteiger partial charge in [-0.1, -0.05) is 18.2 Å². The first-order valence-corrected chi connectivity index (χ1v) is 12.2. The van der Waals surface area contributed by atoms with Crippen molar-refractivity contribution in [2.45, 2.75) is 79.0 Å². The molecule has 1 amide bonds. The molecule has 0 saturated carbocycles. The summed E-state index contributed by atoms with van der Waals surface area (Å²) in [5.41, 5.74) is -2.36. The van der Waals surface area contributed by atoms with Crippen LogP contribution in [0.1, 0.15) is 46.5 Å². The van der Waals surface area contributed by atoms with Crippen LogP contribution in [0.3, 0.4) is 0 Å². The van der Waals surface area contributed by atoms with Crippen molar-refractivity contribution in [2.24, 2.45) is 0 Å². The molecular weight excluding hydrogens is 438 g/mol. The maximum absolute atomic E-state index is 15.9. The number of amides is 1. The van der Waals surface area contributed by atoms with E-state index in [2.05, 4.69) is 4.72 Å². The highest BCUT2D eigenvalue weighted by Crippen LogP contribution is 2.51. The van der Waals surface area contributed by atoms with Gasteiger partial charge < -0.3 is 14.6 Å². The second kappa shape index (κ2) is 7.61. The molecule has 1 aromatic carbocycles. The Balaban J connectivity index is 2.10. The van der Waals surface area contributed by atoms with Crippen molar-refractivity contribution in [2.75, 3.05) is 0 Å². The Morgan fingerprint density at radius 1 is 1.20 bits per heavy atom. The van der Waals surface area contributed by atoms with Crippen molar-refractivity contribution < 1.29 is 31.7 Å². The van der Waals surface area contributed by atoms with Gasteiger partial charge in [0.25, 0.3) is 0 Å². The van der Waals surface area contributed by atoms with E-state index in [0.717, 1.165) is 17.0 Å². The molecule has 2 aliphatic rings. The molecule has 7 nitrogen and oxygen atoms in total. The monoisotopic (exact) mass is 464 g/mol. The number of rotatable bonds is 5. The van der Waals surface area contributed by atoms with E-state index in [1.165, 1.54) is 18.2 Å². The molecule has 0 spiro atoms. The lowest BCUT2D eigenvalue weighted by Gasteiger charge is -2.48. The summed E-state index contributed by atoms with van der Waals surface area (Å²) in [6.07, 6.45) is -1.41. The predicted molar refractivity (Wildman–Crippen MR) is 108 cm³/mol. The average molecular weight is 465 g/mol. The molecule has 0 aromatic heterocycles. The van der Waals surface area contributed by atoms with Crippen LogP contribution in [0.25, 0.3) is 0 Å². The normalized spacial score (nSPS) is 28.4. The smallest absolute Gasteiger partial charge is 0.407 e. The van der Waals surface area contributed by atoms with E-state index in [0.29, 0.717) is 12.8 Å². The Kier molecular flexibility index (Phi) is 5.90. The molecule has 2 bridgehead atoms. The topological polar surface area (TPSA) is 110 Å². The highest BCUT2D eigenvalue weighted by Gasteiger charge is 2.69. The van der Waals surface area contributed by atoms with E-state index in [4.69, 9.17) is 0 Å². The Bertz CT molecular complexity index is 891. The highest BCUT2D eigenvalue weighted by molar-refractivity contribution is 7.93. The number of carboxylic acid groups (broad SMARTS) is 1. The maximum atomic E-state index is 15.9. The lowest BCUT2D eigenvalue weighted by molar-refractivity contribution is -0.0505. The summed E-state index contributed by atoms with van der Waals surface area (Å²) >= 11 is -2.00. The molecule has 0 aliphatic carbocycles.